The smallest absolute Gasteiger partial charge is 0.214 e. The van der Waals surface area contributed by atoms with Gasteiger partial charge in [-0.2, -0.15) is 0 Å². The van der Waals surface area contributed by atoms with Gasteiger partial charge in [0.25, 0.3) is 0 Å². The van der Waals surface area contributed by atoms with E-state index in [-0.39, 0.29) is 17.3 Å². The van der Waals surface area contributed by atoms with Gasteiger partial charge in [-0.25, -0.2) is 21.1 Å². The molecule has 0 radical (unpaired) electrons. The average molecular weight is 270 g/mol. The van der Waals surface area contributed by atoms with Crippen LogP contribution in [0, 0.1) is 0 Å². The zero-order valence-corrected chi connectivity index (χ0v) is 10.9. The predicted octanol–water partition coefficient (Wildman–Crippen LogP) is -1.22. The Hall–Kier alpha value is -0.180. The normalized spacial score (nSPS) is 25.1. The SMILES string of the molecule is CN(C1CCS(=O)(=O)C1)S(=O)(=O)CCCN. The molecule has 0 aromatic rings. The molecule has 0 amide bonds. The van der Waals surface area contributed by atoms with E-state index in [1.807, 2.05) is 0 Å². The van der Waals surface area contributed by atoms with Crippen molar-refractivity contribution in [2.24, 2.45) is 5.73 Å². The van der Waals surface area contributed by atoms with Gasteiger partial charge in [-0.3, -0.25) is 0 Å². The number of nitrogens with two attached hydrogens (primary N) is 1. The molecule has 0 aliphatic carbocycles. The lowest BCUT2D eigenvalue weighted by atomic mass is 10.3. The Bertz CT molecular complexity index is 429. The standard InChI is InChI=1S/C8H18N2O4S2/c1-10(16(13,14)5-2-4-9)8-3-6-15(11,12)7-8/h8H,2-7,9H2,1H3. The van der Waals surface area contributed by atoms with E-state index >= 15 is 0 Å². The van der Waals surface area contributed by atoms with Crippen LogP contribution in [-0.4, -0.2) is 58.0 Å². The number of sulfonamides is 1. The first-order valence-electron chi connectivity index (χ1n) is 5.15. The predicted molar refractivity (Wildman–Crippen MR) is 62.3 cm³/mol. The van der Waals surface area contributed by atoms with Crippen LogP contribution in [0.2, 0.25) is 0 Å². The first-order valence-corrected chi connectivity index (χ1v) is 8.58. The summed E-state index contributed by atoms with van der Waals surface area (Å²) in [6, 6.07) is -0.409. The molecule has 1 atom stereocenters. The molecular weight excluding hydrogens is 252 g/mol. The molecule has 16 heavy (non-hydrogen) atoms. The Kier molecular flexibility index (Phi) is 4.33. The third-order valence-corrected chi connectivity index (χ3v) is 6.50. The Morgan fingerprint density at radius 3 is 2.50 bits per heavy atom. The highest BCUT2D eigenvalue weighted by Crippen LogP contribution is 2.19. The minimum atomic E-state index is -3.37. The van der Waals surface area contributed by atoms with Crippen molar-refractivity contribution < 1.29 is 16.8 Å². The Balaban J connectivity index is 2.68. The van der Waals surface area contributed by atoms with E-state index in [1.165, 1.54) is 11.4 Å². The first-order chi connectivity index (χ1) is 7.28. The number of hydrogen-bond acceptors (Lipinski definition) is 5. The molecule has 2 N–H and O–H groups in total. The minimum Gasteiger partial charge on any atom is -0.330 e. The van der Waals surface area contributed by atoms with Crippen LogP contribution in [0.3, 0.4) is 0 Å². The number of nitrogens with zero attached hydrogens (tertiary/aromatic N) is 1. The highest BCUT2D eigenvalue weighted by molar-refractivity contribution is 7.92. The van der Waals surface area contributed by atoms with Gasteiger partial charge >= 0.3 is 0 Å². The molecule has 1 saturated heterocycles. The van der Waals surface area contributed by atoms with Crippen molar-refractivity contribution >= 4 is 19.9 Å². The van der Waals surface area contributed by atoms with Crippen LogP contribution in [0.5, 0.6) is 0 Å². The van der Waals surface area contributed by atoms with Gasteiger partial charge in [0, 0.05) is 13.1 Å². The van der Waals surface area contributed by atoms with E-state index in [0.29, 0.717) is 19.4 Å². The zero-order chi connectivity index (χ0) is 12.4. The van der Waals surface area contributed by atoms with Crippen LogP contribution in [0.4, 0.5) is 0 Å². The van der Waals surface area contributed by atoms with Crippen molar-refractivity contribution in [1.29, 1.82) is 0 Å². The maximum Gasteiger partial charge on any atom is 0.214 e. The molecule has 1 aliphatic heterocycles. The van der Waals surface area contributed by atoms with Gasteiger partial charge in [-0.05, 0) is 19.4 Å². The quantitative estimate of drug-likeness (QED) is 0.675. The Labute approximate surface area is 96.8 Å². The van der Waals surface area contributed by atoms with Crippen LogP contribution >= 0.6 is 0 Å². The molecule has 1 rings (SSSR count). The van der Waals surface area contributed by atoms with Crippen molar-refractivity contribution in [1.82, 2.24) is 4.31 Å². The van der Waals surface area contributed by atoms with Crippen LogP contribution < -0.4 is 5.73 Å². The second kappa shape index (κ2) is 4.99. The second-order valence-corrected chi connectivity index (χ2v) is 8.41. The molecule has 1 aliphatic rings. The van der Waals surface area contributed by atoms with Gasteiger partial charge in [-0.15, -0.1) is 0 Å². The van der Waals surface area contributed by atoms with Crippen molar-refractivity contribution in [3.63, 3.8) is 0 Å². The molecule has 96 valence electrons. The van der Waals surface area contributed by atoms with Gasteiger partial charge in [0.05, 0.1) is 17.3 Å². The summed E-state index contributed by atoms with van der Waals surface area (Å²) in [4.78, 5) is 0. The van der Waals surface area contributed by atoms with E-state index in [2.05, 4.69) is 0 Å². The summed E-state index contributed by atoms with van der Waals surface area (Å²) in [6.07, 6.45) is 0.785. The van der Waals surface area contributed by atoms with Crippen molar-refractivity contribution in [3.8, 4) is 0 Å². The highest BCUT2D eigenvalue weighted by Gasteiger charge is 2.35. The van der Waals surface area contributed by atoms with Crippen LogP contribution in [0.25, 0.3) is 0 Å². The third kappa shape index (κ3) is 3.41. The fraction of sp³-hybridized carbons (Fsp3) is 1.00. The molecule has 0 aromatic heterocycles. The van der Waals surface area contributed by atoms with Gasteiger partial charge in [0.15, 0.2) is 9.84 Å². The number of hydrogen-bond donors (Lipinski definition) is 1. The number of sulfone groups is 1. The molecule has 0 bridgehead atoms. The monoisotopic (exact) mass is 270 g/mol. The average Bonchev–Trinajstić information content (AvgIpc) is 2.54. The van der Waals surface area contributed by atoms with Gasteiger partial charge in [-0.1, -0.05) is 0 Å². The fourth-order valence-corrected chi connectivity index (χ4v) is 5.02. The summed E-state index contributed by atoms with van der Waals surface area (Å²) in [5.41, 5.74) is 5.25. The van der Waals surface area contributed by atoms with Gasteiger partial charge in [0.1, 0.15) is 0 Å². The molecule has 0 saturated carbocycles. The van der Waals surface area contributed by atoms with Crippen LogP contribution in [0.15, 0.2) is 0 Å². The maximum atomic E-state index is 11.8. The molecular formula is C8H18N2O4S2. The highest BCUT2D eigenvalue weighted by atomic mass is 32.2. The van der Waals surface area contributed by atoms with E-state index in [1.54, 1.807) is 0 Å². The largest absolute Gasteiger partial charge is 0.330 e. The summed E-state index contributed by atoms with van der Waals surface area (Å²) in [6.45, 7) is 0.316. The van der Waals surface area contributed by atoms with E-state index in [4.69, 9.17) is 5.73 Å². The lowest BCUT2D eigenvalue weighted by molar-refractivity contribution is 0.393. The summed E-state index contributed by atoms with van der Waals surface area (Å²) >= 11 is 0. The number of rotatable bonds is 5. The summed E-state index contributed by atoms with van der Waals surface area (Å²) in [5, 5.41) is 0. The van der Waals surface area contributed by atoms with Crippen molar-refractivity contribution in [2.75, 3.05) is 30.9 Å². The topological polar surface area (TPSA) is 97.5 Å². The summed E-state index contributed by atoms with van der Waals surface area (Å²) in [7, 11) is -4.98. The lowest BCUT2D eigenvalue weighted by Gasteiger charge is -2.22. The third-order valence-electron chi connectivity index (χ3n) is 2.77. The Morgan fingerprint density at radius 1 is 1.44 bits per heavy atom. The molecule has 6 nitrogen and oxygen atoms in total. The van der Waals surface area contributed by atoms with E-state index < -0.39 is 25.9 Å². The maximum absolute atomic E-state index is 11.8. The first kappa shape index (κ1) is 13.9. The molecule has 0 spiro atoms. The van der Waals surface area contributed by atoms with E-state index in [9.17, 15) is 16.8 Å². The van der Waals surface area contributed by atoms with Crippen LogP contribution in [-0.2, 0) is 19.9 Å². The zero-order valence-electron chi connectivity index (χ0n) is 9.29. The fourth-order valence-electron chi connectivity index (χ4n) is 1.70. The Morgan fingerprint density at radius 2 is 2.06 bits per heavy atom. The van der Waals surface area contributed by atoms with Crippen LogP contribution in [0.1, 0.15) is 12.8 Å². The molecule has 0 aromatic carbocycles. The lowest BCUT2D eigenvalue weighted by Crippen LogP contribution is -2.39. The van der Waals surface area contributed by atoms with E-state index in [0.717, 1.165) is 0 Å². The molecule has 1 fully saturated rings. The van der Waals surface area contributed by atoms with Crippen molar-refractivity contribution in [2.45, 2.75) is 18.9 Å². The molecule has 1 unspecified atom stereocenters. The summed E-state index contributed by atoms with van der Waals surface area (Å²) < 4.78 is 47.2. The van der Waals surface area contributed by atoms with Crippen molar-refractivity contribution in [3.05, 3.63) is 0 Å². The molecule has 1 heterocycles. The second-order valence-electron chi connectivity index (χ2n) is 4.03. The summed E-state index contributed by atoms with van der Waals surface area (Å²) in [5.74, 6) is -0.00365. The minimum absolute atomic E-state index is 0.0173. The van der Waals surface area contributed by atoms with Gasteiger partial charge < -0.3 is 5.73 Å². The van der Waals surface area contributed by atoms with Gasteiger partial charge in [0.2, 0.25) is 10.0 Å². The molecule has 8 heteroatoms.